The molecule has 1 aromatic rings. The predicted molar refractivity (Wildman–Crippen MR) is 86.4 cm³/mol. The second-order valence-electron chi connectivity index (χ2n) is 6.75. The number of nitrogens with two attached hydrogens (primary N) is 1. The van der Waals surface area contributed by atoms with Gasteiger partial charge in [-0.3, -0.25) is 4.68 Å². The molecule has 0 radical (unpaired) electrons. The predicted octanol–water partition coefficient (Wildman–Crippen LogP) is 3.38. The SMILES string of the molecule is CCc1nn(CC2CCC(C)(C)O2)c(CC)c1C(N)CC. The molecular formula is C17H31N3O. The van der Waals surface area contributed by atoms with Crippen molar-refractivity contribution in [1.29, 1.82) is 0 Å². The van der Waals surface area contributed by atoms with Crippen LogP contribution in [0.1, 0.15) is 76.9 Å². The van der Waals surface area contributed by atoms with Gasteiger partial charge in [-0.05, 0) is 46.0 Å². The number of ether oxygens (including phenoxy) is 1. The van der Waals surface area contributed by atoms with Crippen LogP contribution >= 0.6 is 0 Å². The maximum atomic E-state index is 6.33. The van der Waals surface area contributed by atoms with Crippen LogP contribution in [0.4, 0.5) is 0 Å². The Hall–Kier alpha value is -0.870. The van der Waals surface area contributed by atoms with E-state index in [9.17, 15) is 0 Å². The van der Waals surface area contributed by atoms with Crippen LogP contribution in [-0.2, 0) is 24.1 Å². The molecule has 1 aliphatic heterocycles. The summed E-state index contributed by atoms with van der Waals surface area (Å²) in [5.41, 5.74) is 10.1. The van der Waals surface area contributed by atoms with Crippen molar-refractivity contribution in [3.63, 3.8) is 0 Å². The van der Waals surface area contributed by atoms with Crippen LogP contribution in [0.5, 0.6) is 0 Å². The quantitative estimate of drug-likeness (QED) is 0.875. The Balaban J connectivity index is 2.25. The van der Waals surface area contributed by atoms with E-state index in [0.717, 1.165) is 38.6 Å². The largest absolute Gasteiger partial charge is 0.370 e. The summed E-state index contributed by atoms with van der Waals surface area (Å²) < 4.78 is 8.29. The van der Waals surface area contributed by atoms with Gasteiger partial charge in [0.1, 0.15) is 0 Å². The average Bonchev–Trinajstić information content (AvgIpc) is 2.97. The second-order valence-corrected chi connectivity index (χ2v) is 6.75. The Morgan fingerprint density at radius 3 is 2.52 bits per heavy atom. The zero-order valence-electron chi connectivity index (χ0n) is 14.3. The van der Waals surface area contributed by atoms with Crippen molar-refractivity contribution in [2.45, 2.75) is 91.0 Å². The third kappa shape index (κ3) is 3.49. The first-order chi connectivity index (χ1) is 9.91. The van der Waals surface area contributed by atoms with E-state index < -0.39 is 0 Å². The van der Waals surface area contributed by atoms with E-state index in [0.29, 0.717) is 0 Å². The lowest BCUT2D eigenvalue weighted by Crippen LogP contribution is -2.24. The summed E-state index contributed by atoms with van der Waals surface area (Å²) >= 11 is 0. The molecule has 1 aromatic heterocycles. The highest BCUT2D eigenvalue weighted by atomic mass is 16.5. The molecule has 1 aliphatic rings. The van der Waals surface area contributed by atoms with Crippen LogP contribution in [0.2, 0.25) is 0 Å². The first kappa shape index (κ1) is 16.5. The van der Waals surface area contributed by atoms with Crippen molar-refractivity contribution in [2.75, 3.05) is 0 Å². The molecule has 2 unspecified atom stereocenters. The highest BCUT2D eigenvalue weighted by Gasteiger charge is 2.32. The van der Waals surface area contributed by atoms with Gasteiger partial charge in [0.05, 0.1) is 23.9 Å². The number of aromatic nitrogens is 2. The fraction of sp³-hybridized carbons (Fsp3) is 0.824. The summed E-state index contributed by atoms with van der Waals surface area (Å²) in [4.78, 5) is 0. The van der Waals surface area contributed by atoms with Crippen molar-refractivity contribution in [1.82, 2.24) is 9.78 Å². The van der Waals surface area contributed by atoms with Gasteiger partial charge >= 0.3 is 0 Å². The molecule has 4 nitrogen and oxygen atoms in total. The molecule has 4 heteroatoms. The Morgan fingerprint density at radius 1 is 1.33 bits per heavy atom. The number of nitrogens with zero attached hydrogens (tertiary/aromatic N) is 2. The van der Waals surface area contributed by atoms with Crippen LogP contribution in [0.25, 0.3) is 0 Å². The van der Waals surface area contributed by atoms with Crippen molar-refractivity contribution in [3.8, 4) is 0 Å². The fourth-order valence-electron chi connectivity index (χ4n) is 3.38. The maximum absolute atomic E-state index is 6.33. The smallest absolute Gasteiger partial charge is 0.0779 e. The molecule has 21 heavy (non-hydrogen) atoms. The molecule has 2 N–H and O–H groups in total. The summed E-state index contributed by atoms with van der Waals surface area (Å²) in [5, 5.41) is 4.84. The van der Waals surface area contributed by atoms with E-state index in [2.05, 4.69) is 39.3 Å². The molecule has 1 saturated heterocycles. The summed E-state index contributed by atoms with van der Waals surface area (Å²) in [5.74, 6) is 0. The van der Waals surface area contributed by atoms with Crippen LogP contribution in [0, 0.1) is 0 Å². The lowest BCUT2D eigenvalue weighted by Gasteiger charge is -2.20. The van der Waals surface area contributed by atoms with Gasteiger partial charge in [-0.15, -0.1) is 0 Å². The third-order valence-corrected chi connectivity index (χ3v) is 4.59. The number of aryl methyl sites for hydroxylation is 1. The first-order valence-electron chi connectivity index (χ1n) is 8.43. The number of rotatable bonds is 6. The van der Waals surface area contributed by atoms with Crippen LogP contribution in [-0.4, -0.2) is 21.5 Å². The van der Waals surface area contributed by atoms with E-state index in [1.54, 1.807) is 0 Å². The van der Waals surface area contributed by atoms with E-state index in [1.807, 2.05) is 0 Å². The molecule has 0 spiro atoms. The Bertz CT molecular complexity index is 479. The van der Waals surface area contributed by atoms with Gasteiger partial charge in [0, 0.05) is 17.3 Å². The first-order valence-corrected chi connectivity index (χ1v) is 8.43. The molecule has 0 bridgehead atoms. The second kappa shape index (κ2) is 6.49. The molecule has 0 amide bonds. The molecule has 2 atom stereocenters. The van der Waals surface area contributed by atoms with Crippen molar-refractivity contribution < 1.29 is 4.74 Å². The Morgan fingerprint density at radius 2 is 2.05 bits per heavy atom. The summed E-state index contributed by atoms with van der Waals surface area (Å²) in [7, 11) is 0. The van der Waals surface area contributed by atoms with Crippen molar-refractivity contribution in [2.24, 2.45) is 5.73 Å². The summed E-state index contributed by atoms with van der Waals surface area (Å²) in [6, 6.07) is 0.101. The highest BCUT2D eigenvalue weighted by Crippen LogP contribution is 2.31. The standard InChI is InChI=1S/C17H31N3O/c1-6-13(18)16-14(7-2)19-20(15(16)8-3)11-12-9-10-17(4,5)21-12/h12-13H,6-11,18H2,1-5H3. The van der Waals surface area contributed by atoms with E-state index >= 15 is 0 Å². The van der Waals surface area contributed by atoms with E-state index in [4.69, 9.17) is 15.6 Å². The summed E-state index contributed by atoms with van der Waals surface area (Å²) in [6.45, 7) is 11.7. The molecule has 120 valence electrons. The molecule has 0 saturated carbocycles. The van der Waals surface area contributed by atoms with Gasteiger partial charge in [0.15, 0.2) is 0 Å². The molecule has 0 aromatic carbocycles. The zero-order valence-corrected chi connectivity index (χ0v) is 14.3. The fourth-order valence-corrected chi connectivity index (χ4v) is 3.38. The highest BCUT2D eigenvalue weighted by molar-refractivity contribution is 5.30. The van der Waals surface area contributed by atoms with Crippen molar-refractivity contribution in [3.05, 3.63) is 17.0 Å². The van der Waals surface area contributed by atoms with Gasteiger partial charge < -0.3 is 10.5 Å². The normalized spacial score (nSPS) is 22.7. The molecular weight excluding hydrogens is 262 g/mol. The third-order valence-electron chi connectivity index (χ3n) is 4.59. The Labute approximate surface area is 129 Å². The number of hydrogen-bond donors (Lipinski definition) is 1. The molecule has 2 heterocycles. The maximum Gasteiger partial charge on any atom is 0.0779 e. The van der Waals surface area contributed by atoms with Crippen LogP contribution in [0.15, 0.2) is 0 Å². The Kier molecular flexibility index (Phi) is 5.10. The van der Waals surface area contributed by atoms with E-state index in [1.165, 1.54) is 17.0 Å². The van der Waals surface area contributed by atoms with Gasteiger partial charge in [-0.2, -0.15) is 5.10 Å². The van der Waals surface area contributed by atoms with Gasteiger partial charge in [-0.1, -0.05) is 20.8 Å². The lowest BCUT2D eigenvalue weighted by molar-refractivity contribution is -0.0233. The van der Waals surface area contributed by atoms with E-state index in [-0.39, 0.29) is 17.7 Å². The topological polar surface area (TPSA) is 53.1 Å². The lowest BCUT2D eigenvalue weighted by atomic mass is 10.00. The molecule has 1 fully saturated rings. The number of hydrogen-bond acceptors (Lipinski definition) is 3. The van der Waals surface area contributed by atoms with Crippen molar-refractivity contribution >= 4 is 0 Å². The minimum absolute atomic E-state index is 0.0143. The molecule has 2 rings (SSSR count). The summed E-state index contributed by atoms with van der Waals surface area (Å²) in [6.07, 6.45) is 5.40. The minimum Gasteiger partial charge on any atom is -0.370 e. The van der Waals surface area contributed by atoms with Crippen LogP contribution < -0.4 is 5.73 Å². The minimum atomic E-state index is 0.0143. The van der Waals surface area contributed by atoms with Crippen LogP contribution in [0.3, 0.4) is 0 Å². The van der Waals surface area contributed by atoms with Gasteiger partial charge in [-0.25, -0.2) is 0 Å². The average molecular weight is 293 g/mol. The molecule has 0 aliphatic carbocycles. The van der Waals surface area contributed by atoms with Gasteiger partial charge in [0.25, 0.3) is 0 Å². The zero-order chi connectivity index (χ0) is 15.6. The van der Waals surface area contributed by atoms with Gasteiger partial charge in [0.2, 0.25) is 0 Å². The monoisotopic (exact) mass is 293 g/mol.